The van der Waals surface area contributed by atoms with E-state index in [1.807, 2.05) is 29.1 Å². The molecule has 3 heterocycles. The molecule has 0 saturated carbocycles. The smallest absolute Gasteiger partial charge is 0.268 e. The number of imidazole rings is 1. The minimum absolute atomic E-state index is 0.0119. The molecule has 0 unspecified atom stereocenters. The number of aromatic nitrogens is 4. The van der Waals surface area contributed by atoms with E-state index in [0.717, 1.165) is 45.1 Å². The van der Waals surface area contributed by atoms with Gasteiger partial charge in [0.25, 0.3) is 6.33 Å². The van der Waals surface area contributed by atoms with E-state index in [2.05, 4.69) is 169 Å². The van der Waals surface area contributed by atoms with Crippen molar-refractivity contribution in [1.82, 2.24) is 14.1 Å². The molecule has 0 fully saturated rings. The van der Waals surface area contributed by atoms with Gasteiger partial charge in [0.15, 0.2) is 0 Å². The lowest BCUT2D eigenvalue weighted by molar-refractivity contribution is -0.599. The van der Waals surface area contributed by atoms with E-state index in [9.17, 15) is 0 Å². The highest BCUT2D eigenvalue weighted by molar-refractivity contribution is 6.09. The Bertz CT molecular complexity index is 2290. The van der Waals surface area contributed by atoms with Crippen LogP contribution in [0.3, 0.4) is 0 Å². The molecule has 5 nitrogen and oxygen atoms in total. The number of hydrogen-bond acceptors (Lipinski definition) is 2. The molecule has 5 heteroatoms. The fourth-order valence-corrected chi connectivity index (χ4v) is 6.32. The summed E-state index contributed by atoms with van der Waals surface area (Å²) in [6.07, 6.45) is 9.56. The van der Waals surface area contributed by atoms with Gasteiger partial charge in [-0.1, -0.05) is 92.6 Å². The van der Waals surface area contributed by atoms with Crippen LogP contribution in [0.2, 0.25) is 0 Å². The van der Waals surface area contributed by atoms with Crippen LogP contribution >= 0.6 is 0 Å². The number of pyridine rings is 1. The van der Waals surface area contributed by atoms with Gasteiger partial charge in [-0.2, -0.15) is 0 Å². The lowest BCUT2D eigenvalue weighted by Gasteiger charge is -2.26. The second-order valence-electron chi connectivity index (χ2n) is 16.2. The molecule has 0 atom stereocenters. The Hall–Kier alpha value is -5.16. The molecule has 0 radical (unpaired) electrons. The van der Waals surface area contributed by atoms with Gasteiger partial charge in [0, 0.05) is 35.4 Å². The first kappa shape index (κ1) is 32.4. The van der Waals surface area contributed by atoms with Crippen molar-refractivity contribution in [1.29, 1.82) is 0 Å². The van der Waals surface area contributed by atoms with Crippen LogP contribution in [0, 0.1) is 6.33 Å². The molecule has 0 N–H and O–H groups in total. The number of benzene rings is 4. The van der Waals surface area contributed by atoms with Gasteiger partial charge in [-0.05, 0) is 93.6 Å². The normalized spacial score (nSPS) is 12.6. The maximum Gasteiger partial charge on any atom is 0.268 e. The van der Waals surface area contributed by atoms with Crippen molar-refractivity contribution in [2.24, 2.45) is 0 Å². The van der Waals surface area contributed by atoms with E-state index in [0.29, 0.717) is 0 Å². The van der Waals surface area contributed by atoms with E-state index in [1.165, 1.54) is 22.1 Å². The van der Waals surface area contributed by atoms with Crippen molar-refractivity contribution in [3.05, 3.63) is 139 Å². The van der Waals surface area contributed by atoms with Crippen LogP contribution < -0.4 is 9.30 Å². The van der Waals surface area contributed by atoms with E-state index >= 15 is 0 Å². The molecule has 7 rings (SSSR count). The second kappa shape index (κ2) is 11.8. The van der Waals surface area contributed by atoms with Gasteiger partial charge >= 0.3 is 0 Å². The third kappa shape index (κ3) is 6.38. The van der Waals surface area contributed by atoms with Crippen molar-refractivity contribution >= 4 is 21.8 Å². The Morgan fingerprint density at radius 3 is 2.00 bits per heavy atom. The van der Waals surface area contributed by atoms with Crippen LogP contribution in [-0.2, 0) is 16.2 Å². The second-order valence-corrected chi connectivity index (χ2v) is 16.2. The fourth-order valence-electron chi connectivity index (χ4n) is 6.32. The Kier molecular flexibility index (Phi) is 7.78. The lowest BCUT2D eigenvalue weighted by Crippen LogP contribution is -2.30. The van der Waals surface area contributed by atoms with Crippen molar-refractivity contribution in [2.75, 3.05) is 0 Å². The van der Waals surface area contributed by atoms with Gasteiger partial charge in [-0.15, -0.1) is 0 Å². The molecule has 0 aliphatic heterocycles. The average Bonchev–Trinajstić information content (AvgIpc) is 3.67. The summed E-state index contributed by atoms with van der Waals surface area (Å²) in [6, 6.07) is 34.2. The quantitative estimate of drug-likeness (QED) is 0.138. The molecule has 0 amide bonds. The molecule has 0 aliphatic carbocycles. The maximum absolute atomic E-state index is 6.54. The average molecular weight is 647 g/mol. The summed E-state index contributed by atoms with van der Waals surface area (Å²) in [4.78, 5) is 4.83. The molecule has 0 aliphatic rings. The number of para-hydroxylation sites is 1. The van der Waals surface area contributed by atoms with E-state index in [4.69, 9.17) is 9.72 Å². The van der Waals surface area contributed by atoms with Crippen LogP contribution in [0.15, 0.2) is 116 Å². The number of nitrogens with zero attached hydrogens (tertiary/aromatic N) is 4. The molecule has 0 saturated heterocycles. The maximum atomic E-state index is 6.54. The van der Waals surface area contributed by atoms with Gasteiger partial charge in [-0.25, -0.2) is 4.98 Å². The molecular formula is C44H46N4O. The number of ether oxygens (including phenoxy) is 1. The Labute approximate surface area is 290 Å². The molecule has 0 bridgehead atoms. The zero-order valence-electron chi connectivity index (χ0n) is 30.2. The Morgan fingerprint density at radius 2 is 1.29 bits per heavy atom. The van der Waals surface area contributed by atoms with E-state index in [-0.39, 0.29) is 16.2 Å². The standard InChI is InChI=1S/C44H46N4O/c1-42(2,3)30-19-20-45-41(26-30)48-39-16-11-10-15-37(39)38-18-17-36(28-40(38)48)49-35-14-12-13-33(27-35)46-21-22-47(29-46)34-24-31(43(4,5)6)23-32(25-34)44(7,8)9/h10-28H,1-9H3. The molecular weight excluding hydrogens is 601 g/mol. The van der Waals surface area contributed by atoms with Crippen LogP contribution in [0.5, 0.6) is 11.5 Å². The Morgan fingerprint density at radius 1 is 0.612 bits per heavy atom. The number of rotatable bonds is 5. The highest BCUT2D eigenvalue weighted by Gasteiger charge is 2.22. The molecule has 4 aromatic carbocycles. The molecule has 49 heavy (non-hydrogen) atoms. The van der Waals surface area contributed by atoms with Gasteiger partial charge in [0.1, 0.15) is 17.3 Å². The van der Waals surface area contributed by atoms with Crippen LogP contribution in [-0.4, -0.2) is 14.1 Å². The van der Waals surface area contributed by atoms with E-state index in [1.54, 1.807) is 0 Å². The van der Waals surface area contributed by atoms with Crippen LogP contribution in [0.4, 0.5) is 0 Å². The molecule has 3 aromatic heterocycles. The van der Waals surface area contributed by atoms with E-state index < -0.39 is 0 Å². The monoisotopic (exact) mass is 646 g/mol. The lowest BCUT2D eigenvalue weighted by atomic mass is 9.80. The summed E-state index contributed by atoms with van der Waals surface area (Å²) in [6.45, 7) is 20.3. The van der Waals surface area contributed by atoms with Crippen LogP contribution in [0.1, 0.15) is 79.0 Å². The summed E-state index contributed by atoms with van der Waals surface area (Å²) >= 11 is 0. The molecule has 0 spiro atoms. The summed E-state index contributed by atoms with van der Waals surface area (Å²) in [7, 11) is 0. The zero-order chi connectivity index (χ0) is 34.7. The van der Waals surface area contributed by atoms with Gasteiger partial charge in [0.2, 0.25) is 0 Å². The van der Waals surface area contributed by atoms with Crippen LogP contribution in [0.25, 0.3) is 39.0 Å². The largest absolute Gasteiger partial charge is 0.458 e. The summed E-state index contributed by atoms with van der Waals surface area (Å²) in [5, 5.41) is 2.35. The first-order valence-corrected chi connectivity index (χ1v) is 17.1. The SMILES string of the molecule is CC(C)(C)c1cc(-[n+]2[c-]n(-c3cccc(Oc4ccc5c6ccccc6n(-c6cc(C(C)(C)C)ccn6)c5c4)c3)cc2)cc(C(C)(C)C)c1. The zero-order valence-corrected chi connectivity index (χ0v) is 30.2. The van der Waals surface area contributed by atoms with Gasteiger partial charge < -0.3 is 4.74 Å². The van der Waals surface area contributed by atoms with Gasteiger partial charge in [0.05, 0.1) is 22.4 Å². The fraction of sp³-hybridized carbons (Fsp3) is 0.273. The third-order valence-corrected chi connectivity index (χ3v) is 9.33. The summed E-state index contributed by atoms with van der Waals surface area (Å²) < 4.78 is 12.9. The predicted molar refractivity (Wildman–Crippen MR) is 201 cm³/mol. The first-order chi connectivity index (χ1) is 23.1. The van der Waals surface area contributed by atoms with Crippen molar-refractivity contribution in [2.45, 2.75) is 78.6 Å². The predicted octanol–water partition coefficient (Wildman–Crippen LogP) is 10.7. The van der Waals surface area contributed by atoms with Crippen molar-refractivity contribution < 1.29 is 9.30 Å². The third-order valence-electron chi connectivity index (χ3n) is 9.33. The van der Waals surface area contributed by atoms with Crippen molar-refractivity contribution in [3.63, 3.8) is 0 Å². The molecule has 7 aromatic rings. The minimum Gasteiger partial charge on any atom is -0.458 e. The first-order valence-electron chi connectivity index (χ1n) is 17.1. The highest BCUT2D eigenvalue weighted by Crippen LogP contribution is 2.36. The van der Waals surface area contributed by atoms with Gasteiger partial charge in [-0.3, -0.25) is 13.7 Å². The van der Waals surface area contributed by atoms with Crippen molar-refractivity contribution in [3.8, 4) is 28.7 Å². The minimum atomic E-state index is 0.0119. The highest BCUT2D eigenvalue weighted by atomic mass is 16.5. The Balaban J connectivity index is 1.23. The number of fused-ring (bicyclic) bond motifs is 3. The molecule has 248 valence electrons. The summed E-state index contributed by atoms with van der Waals surface area (Å²) in [5.41, 5.74) is 8.21. The summed E-state index contributed by atoms with van der Waals surface area (Å²) in [5.74, 6) is 2.42. The number of hydrogen-bond donors (Lipinski definition) is 0. The topological polar surface area (TPSA) is 35.9 Å².